The van der Waals surface area contributed by atoms with Crippen molar-refractivity contribution in [1.29, 1.82) is 0 Å². The van der Waals surface area contributed by atoms with Gasteiger partial charge in [-0.05, 0) is 42.8 Å². The lowest BCUT2D eigenvalue weighted by atomic mass is 10.1. The maximum Gasteiger partial charge on any atom is 0.129 e. The molecule has 0 bridgehead atoms. The van der Waals surface area contributed by atoms with Gasteiger partial charge in [-0.1, -0.05) is 23.7 Å². The Labute approximate surface area is 127 Å². The van der Waals surface area contributed by atoms with Gasteiger partial charge in [0.25, 0.3) is 0 Å². The molecule has 0 aromatic heterocycles. The van der Waals surface area contributed by atoms with Crippen LogP contribution in [0.4, 0.5) is 8.78 Å². The molecule has 2 nitrogen and oxygen atoms in total. The van der Waals surface area contributed by atoms with E-state index in [-0.39, 0.29) is 18.2 Å². The number of halogens is 3. The van der Waals surface area contributed by atoms with Crippen LogP contribution in [0.15, 0.2) is 42.5 Å². The number of aliphatic hydroxyl groups is 1. The number of nitrogens with one attached hydrogen (secondary N) is 1. The number of hydrogen-bond acceptors (Lipinski definition) is 2. The smallest absolute Gasteiger partial charge is 0.129 e. The largest absolute Gasteiger partial charge is 0.387 e. The van der Waals surface area contributed by atoms with E-state index < -0.39 is 17.7 Å². The first-order valence-corrected chi connectivity index (χ1v) is 6.97. The van der Waals surface area contributed by atoms with Gasteiger partial charge in [0.05, 0.1) is 6.10 Å². The van der Waals surface area contributed by atoms with Gasteiger partial charge in [0.15, 0.2) is 0 Å². The molecule has 0 fully saturated rings. The first-order chi connectivity index (χ1) is 9.97. The van der Waals surface area contributed by atoms with E-state index in [0.717, 1.165) is 23.8 Å². The Balaban J connectivity index is 2.00. The molecule has 0 aliphatic carbocycles. The molecule has 2 aromatic rings. The molecule has 112 valence electrons. The summed E-state index contributed by atoms with van der Waals surface area (Å²) >= 11 is 5.92. The lowest BCUT2D eigenvalue weighted by Crippen LogP contribution is -2.25. The predicted molar refractivity (Wildman–Crippen MR) is 79.2 cm³/mol. The monoisotopic (exact) mass is 311 g/mol. The molecular formula is C16H16ClF2NO. The highest BCUT2D eigenvalue weighted by Crippen LogP contribution is 2.20. The van der Waals surface area contributed by atoms with Crippen LogP contribution in [-0.2, 0) is 0 Å². The molecule has 0 spiro atoms. The Kier molecular flexibility index (Phi) is 5.28. The summed E-state index contributed by atoms with van der Waals surface area (Å²) in [4.78, 5) is 0. The summed E-state index contributed by atoms with van der Waals surface area (Å²) in [6, 6.07) is 10.3. The van der Waals surface area contributed by atoms with Crippen LogP contribution >= 0.6 is 11.6 Å². The Bertz CT molecular complexity index is 621. The van der Waals surface area contributed by atoms with Crippen molar-refractivity contribution in [3.05, 3.63) is 70.2 Å². The summed E-state index contributed by atoms with van der Waals surface area (Å²) in [7, 11) is 0. The molecular weight excluding hydrogens is 296 g/mol. The molecule has 0 saturated carbocycles. The molecule has 2 N–H and O–H groups in total. The highest BCUT2D eigenvalue weighted by Gasteiger charge is 2.15. The van der Waals surface area contributed by atoms with Gasteiger partial charge in [-0.15, -0.1) is 0 Å². The number of rotatable bonds is 5. The van der Waals surface area contributed by atoms with E-state index in [9.17, 15) is 13.9 Å². The van der Waals surface area contributed by atoms with E-state index in [1.54, 1.807) is 6.07 Å². The molecule has 2 rings (SSSR count). The molecule has 2 aromatic carbocycles. The van der Waals surface area contributed by atoms with E-state index in [1.807, 2.05) is 25.1 Å². The van der Waals surface area contributed by atoms with Gasteiger partial charge in [0.1, 0.15) is 11.6 Å². The van der Waals surface area contributed by atoms with Crippen molar-refractivity contribution in [3.63, 3.8) is 0 Å². The summed E-state index contributed by atoms with van der Waals surface area (Å²) in [5, 5.41) is 13.7. The highest BCUT2D eigenvalue weighted by molar-refractivity contribution is 6.30. The average molecular weight is 312 g/mol. The van der Waals surface area contributed by atoms with Crippen molar-refractivity contribution >= 4 is 11.6 Å². The third kappa shape index (κ3) is 4.24. The zero-order valence-electron chi connectivity index (χ0n) is 11.5. The zero-order chi connectivity index (χ0) is 15.4. The lowest BCUT2D eigenvalue weighted by Gasteiger charge is -2.18. The van der Waals surface area contributed by atoms with Gasteiger partial charge >= 0.3 is 0 Å². The fourth-order valence-electron chi connectivity index (χ4n) is 2.06. The number of benzene rings is 2. The third-order valence-corrected chi connectivity index (χ3v) is 3.52. The fourth-order valence-corrected chi connectivity index (χ4v) is 2.26. The molecule has 0 aliphatic rings. The maximum atomic E-state index is 13.5. The van der Waals surface area contributed by atoms with Crippen molar-refractivity contribution in [2.24, 2.45) is 0 Å². The van der Waals surface area contributed by atoms with E-state index in [2.05, 4.69) is 5.32 Å². The van der Waals surface area contributed by atoms with Crippen molar-refractivity contribution in [2.45, 2.75) is 19.1 Å². The molecule has 2 unspecified atom stereocenters. The standard InChI is InChI=1S/C16H16ClF2NO/c1-10(11-3-2-4-12(17)7-11)20-9-16(21)14-8-13(18)5-6-15(14)19/h2-8,10,16,20-21H,9H2,1H3. The van der Waals surface area contributed by atoms with E-state index in [4.69, 9.17) is 11.6 Å². The van der Waals surface area contributed by atoms with Crippen LogP contribution in [0, 0.1) is 11.6 Å². The average Bonchev–Trinajstić information content (AvgIpc) is 2.47. The van der Waals surface area contributed by atoms with Crippen molar-refractivity contribution in [2.75, 3.05) is 6.54 Å². The SMILES string of the molecule is CC(NCC(O)c1cc(F)ccc1F)c1cccc(Cl)c1. The van der Waals surface area contributed by atoms with Crippen molar-refractivity contribution in [3.8, 4) is 0 Å². The second-order valence-corrected chi connectivity index (χ2v) is 5.30. The molecule has 0 aliphatic heterocycles. The van der Waals surface area contributed by atoms with Gasteiger partial charge in [-0.25, -0.2) is 8.78 Å². The summed E-state index contributed by atoms with van der Waals surface area (Å²) < 4.78 is 26.7. The molecule has 0 amide bonds. The summed E-state index contributed by atoms with van der Waals surface area (Å²) in [6.07, 6.45) is -1.12. The minimum Gasteiger partial charge on any atom is -0.387 e. The first kappa shape index (κ1) is 15.9. The second kappa shape index (κ2) is 6.98. The summed E-state index contributed by atoms with van der Waals surface area (Å²) in [5.74, 6) is -1.20. The maximum absolute atomic E-state index is 13.5. The van der Waals surface area contributed by atoms with Crippen LogP contribution in [-0.4, -0.2) is 11.7 Å². The quantitative estimate of drug-likeness (QED) is 0.874. The molecule has 0 radical (unpaired) electrons. The third-order valence-electron chi connectivity index (χ3n) is 3.28. The minimum absolute atomic E-state index is 0.0548. The normalized spacial score (nSPS) is 14.0. The van der Waals surface area contributed by atoms with Crippen LogP contribution in [0.1, 0.15) is 30.2 Å². The van der Waals surface area contributed by atoms with Crippen molar-refractivity contribution in [1.82, 2.24) is 5.32 Å². The molecule has 5 heteroatoms. The Morgan fingerprint density at radius 2 is 1.95 bits per heavy atom. The topological polar surface area (TPSA) is 32.3 Å². The molecule has 0 saturated heterocycles. The Morgan fingerprint density at radius 1 is 1.19 bits per heavy atom. The number of hydrogen-bond donors (Lipinski definition) is 2. The second-order valence-electron chi connectivity index (χ2n) is 4.87. The van der Waals surface area contributed by atoms with E-state index in [0.29, 0.717) is 5.02 Å². The van der Waals surface area contributed by atoms with Crippen LogP contribution in [0.25, 0.3) is 0 Å². The molecule has 2 atom stereocenters. The minimum atomic E-state index is -1.12. The predicted octanol–water partition coefficient (Wildman–Crippen LogP) is 4.00. The summed E-state index contributed by atoms with van der Waals surface area (Å²) in [5.41, 5.74) is 0.898. The first-order valence-electron chi connectivity index (χ1n) is 6.59. The van der Waals surface area contributed by atoms with Crippen LogP contribution in [0.5, 0.6) is 0 Å². The zero-order valence-corrected chi connectivity index (χ0v) is 12.2. The van der Waals surface area contributed by atoms with Gasteiger partial charge in [0.2, 0.25) is 0 Å². The van der Waals surface area contributed by atoms with Gasteiger partial charge < -0.3 is 10.4 Å². The highest BCUT2D eigenvalue weighted by atomic mass is 35.5. The van der Waals surface area contributed by atoms with Crippen LogP contribution < -0.4 is 5.32 Å². The Morgan fingerprint density at radius 3 is 2.67 bits per heavy atom. The van der Waals surface area contributed by atoms with E-state index >= 15 is 0 Å². The number of aliphatic hydroxyl groups excluding tert-OH is 1. The van der Waals surface area contributed by atoms with E-state index in [1.165, 1.54) is 0 Å². The van der Waals surface area contributed by atoms with Gasteiger partial charge in [-0.2, -0.15) is 0 Å². The fraction of sp³-hybridized carbons (Fsp3) is 0.250. The Hall–Kier alpha value is -1.49. The van der Waals surface area contributed by atoms with Crippen LogP contribution in [0.2, 0.25) is 5.02 Å². The van der Waals surface area contributed by atoms with Gasteiger partial charge in [0, 0.05) is 23.2 Å². The van der Waals surface area contributed by atoms with Gasteiger partial charge in [-0.3, -0.25) is 0 Å². The van der Waals surface area contributed by atoms with Crippen LogP contribution in [0.3, 0.4) is 0 Å². The molecule has 0 heterocycles. The summed E-state index contributed by atoms with van der Waals surface area (Å²) in [6.45, 7) is 2.01. The molecule has 21 heavy (non-hydrogen) atoms. The lowest BCUT2D eigenvalue weighted by molar-refractivity contribution is 0.166. The van der Waals surface area contributed by atoms with Crippen molar-refractivity contribution < 1.29 is 13.9 Å².